The molecule has 0 saturated carbocycles. The van der Waals surface area contributed by atoms with Crippen LogP contribution in [0.25, 0.3) is 0 Å². The van der Waals surface area contributed by atoms with Crippen molar-refractivity contribution in [1.29, 1.82) is 0 Å². The molecule has 3 rings (SSSR count). The van der Waals surface area contributed by atoms with Crippen molar-refractivity contribution in [2.45, 2.75) is 45.5 Å². The number of ether oxygens (including phenoxy) is 2. The van der Waals surface area contributed by atoms with Crippen LogP contribution in [0.1, 0.15) is 35.1 Å². The molecule has 0 aromatic heterocycles. The molecule has 0 bridgehead atoms. The highest BCUT2D eigenvalue weighted by Gasteiger charge is 2.17. The van der Waals surface area contributed by atoms with Crippen molar-refractivity contribution in [1.82, 2.24) is 15.5 Å². The van der Waals surface area contributed by atoms with Crippen molar-refractivity contribution in [2.24, 2.45) is 4.99 Å². The molecule has 1 saturated heterocycles. The Morgan fingerprint density at radius 1 is 1.10 bits per heavy atom. The van der Waals surface area contributed by atoms with E-state index in [4.69, 9.17) is 9.47 Å². The van der Waals surface area contributed by atoms with Crippen LogP contribution in [0.15, 0.2) is 47.5 Å². The number of guanidine groups is 1. The molecule has 1 heterocycles. The highest BCUT2D eigenvalue weighted by molar-refractivity contribution is 5.79. The minimum absolute atomic E-state index is 0.206. The second-order valence-electron chi connectivity index (χ2n) is 8.34. The normalized spacial score (nSPS) is 16.5. The summed E-state index contributed by atoms with van der Waals surface area (Å²) in [5.41, 5.74) is 4.89. The Bertz CT molecular complexity index is 860. The van der Waals surface area contributed by atoms with Crippen LogP contribution in [0.4, 0.5) is 0 Å². The van der Waals surface area contributed by atoms with Gasteiger partial charge in [-0.25, -0.2) is 0 Å². The smallest absolute Gasteiger partial charge is 0.191 e. The summed E-state index contributed by atoms with van der Waals surface area (Å²) in [5, 5.41) is 6.86. The zero-order valence-electron chi connectivity index (χ0n) is 19.3. The number of hydrogen-bond donors (Lipinski definition) is 2. The zero-order valence-corrected chi connectivity index (χ0v) is 19.3. The fourth-order valence-electron chi connectivity index (χ4n) is 3.70. The minimum Gasteiger partial charge on any atom is -0.491 e. The lowest BCUT2D eigenvalue weighted by Crippen LogP contribution is -2.36. The first kappa shape index (κ1) is 23.1. The highest BCUT2D eigenvalue weighted by atomic mass is 16.5. The third-order valence-electron chi connectivity index (χ3n) is 5.39. The summed E-state index contributed by atoms with van der Waals surface area (Å²) in [4.78, 5) is 6.57. The first-order valence-electron chi connectivity index (χ1n) is 11.0. The van der Waals surface area contributed by atoms with Crippen LogP contribution in [0.3, 0.4) is 0 Å². The van der Waals surface area contributed by atoms with E-state index in [0.717, 1.165) is 49.8 Å². The number of rotatable bonds is 9. The highest BCUT2D eigenvalue weighted by Crippen LogP contribution is 2.22. The molecular weight excluding hydrogens is 388 g/mol. The van der Waals surface area contributed by atoms with Crippen molar-refractivity contribution >= 4 is 5.96 Å². The van der Waals surface area contributed by atoms with Crippen LogP contribution in [-0.4, -0.2) is 51.3 Å². The van der Waals surface area contributed by atoms with Gasteiger partial charge in [0.15, 0.2) is 5.96 Å². The Labute approximate surface area is 186 Å². The van der Waals surface area contributed by atoms with Crippen LogP contribution >= 0.6 is 0 Å². The maximum absolute atomic E-state index is 6.12. The molecule has 1 atom stereocenters. The van der Waals surface area contributed by atoms with Gasteiger partial charge in [0.1, 0.15) is 12.4 Å². The number of aryl methyl sites for hydroxylation is 1. The van der Waals surface area contributed by atoms with E-state index in [1.54, 1.807) is 7.05 Å². The van der Waals surface area contributed by atoms with Crippen molar-refractivity contribution < 1.29 is 9.47 Å². The van der Waals surface area contributed by atoms with Gasteiger partial charge in [0.2, 0.25) is 0 Å². The molecule has 2 aromatic carbocycles. The molecule has 168 valence electrons. The molecule has 2 N–H and O–H groups in total. The summed E-state index contributed by atoms with van der Waals surface area (Å²) in [6, 6.07) is 14.8. The fraction of sp³-hybridized carbons (Fsp3) is 0.480. The Morgan fingerprint density at radius 3 is 2.52 bits per heavy atom. The lowest BCUT2D eigenvalue weighted by molar-refractivity contribution is 0.0676. The number of benzene rings is 2. The number of hydrogen-bond acceptors (Lipinski definition) is 4. The molecule has 2 aromatic rings. The molecule has 0 spiro atoms. The van der Waals surface area contributed by atoms with Crippen LogP contribution < -0.4 is 15.4 Å². The number of aliphatic imine (C=N–C) groups is 1. The van der Waals surface area contributed by atoms with E-state index in [9.17, 15) is 0 Å². The maximum Gasteiger partial charge on any atom is 0.191 e. The van der Waals surface area contributed by atoms with Crippen molar-refractivity contribution in [3.63, 3.8) is 0 Å². The molecule has 1 fully saturated rings. The van der Waals surface area contributed by atoms with Gasteiger partial charge in [-0.1, -0.05) is 36.4 Å². The first-order chi connectivity index (χ1) is 15.0. The van der Waals surface area contributed by atoms with Gasteiger partial charge in [-0.2, -0.15) is 0 Å². The zero-order chi connectivity index (χ0) is 22.1. The molecule has 0 radical (unpaired) electrons. The topological polar surface area (TPSA) is 58.1 Å². The van der Waals surface area contributed by atoms with Gasteiger partial charge in [0.25, 0.3) is 0 Å². The monoisotopic (exact) mass is 424 g/mol. The van der Waals surface area contributed by atoms with E-state index >= 15 is 0 Å². The largest absolute Gasteiger partial charge is 0.491 e. The van der Waals surface area contributed by atoms with E-state index in [2.05, 4.69) is 84.0 Å². The Morgan fingerprint density at radius 2 is 1.84 bits per heavy atom. The Kier molecular flexibility index (Phi) is 8.74. The quantitative estimate of drug-likeness (QED) is 0.477. The second kappa shape index (κ2) is 11.7. The van der Waals surface area contributed by atoms with Gasteiger partial charge in [-0.15, -0.1) is 0 Å². The van der Waals surface area contributed by atoms with E-state index in [1.165, 1.54) is 16.7 Å². The molecule has 6 heteroatoms. The minimum atomic E-state index is 0.206. The molecule has 31 heavy (non-hydrogen) atoms. The molecule has 6 nitrogen and oxygen atoms in total. The lowest BCUT2D eigenvalue weighted by atomic mass is 10.1. The number of nitrogens with zero attached hydrogens (tertiary/aromatic N) is 2. The third kappa shape index (κ3) is 7.26. The van der Waals surface area contributed by atoms with E-state index in [0.29, 0.717) is 13.2 Å². The van der Waals surface area contributed by atoms with Crippen molar-refractivity contribution in [3.8, 4) is 5.75 Å². The average Bonchev–Trinajstić information content (AvgIpc) is 3.27. The molecule has 0 aliphatic carbocycles. The van der Waals surface area contributed by atoms with Gasteiger partial charge in [-0.05, 0) is 56.6 Å². The summed E-state index contributed by atoms with van der Waals surface area (Å²) < 4.78 is 11.8. The first-order valence-corrected chi connectivity index (χ1v) is 11.0. The van der Waals surface area contributed by atoms with E-state index in [1.807, 2.05) is 0 Å². The molecule has 1 aliphatic rings. The van der Waals surface area contributed by atoms with Crippen molar-refractivity contribution in [3.05, 3.63) is 64.7 Å². The average molecular weight is 425 g/mol. The van der Waals surface area contributed by atoms with Crippen LogP contribution in [0, 0.1) is 6.92 Å². The van der Waals surface area contributed by atoms with Crippen LogP contribution in [-0.2, 0) is 24.4 Å². The standard InChI is InChI=1S/C25H36N4O2/c1-19-11-12-21(24(14-19)31-18-23-10-7-13-30-23)16-28-25(26-2)27-15-20-8-5-6-9-22(20)17-29(3)4/h5-6,8-9,11-12,14,23H,7,10,13,15-18H2,1-4H3,(H2,26,27,28). The summed E-state index contributed by atoms with van der Waals surface area (Å²) in [7, 11) is 5.97. The predicted molar refractivity (Wildman–Crippen MR) is 127 cm³/mol. The van der Waals surface area contributed by atoms with Gasteiger partial charge in [0.05, 0.1) is 6.10 Å². The summed E-state index contributed by atoms with van der Waals surface area (Å²) in [5.74, 6) is 1.68. The third-order valence-corrected chi connectivity index (χ3v) is 5.39. The molecular formula is C25H36N4O2. The summed E-state index contributed by atoms with van der Waals surface area (Å²) in [6.07, 6.45) is 2.40. The second-order valence-corrected chi connectivity index (χ2v) is 8.34. The summed E-state index contributed by atoms with van der Waals surface area (Å²) >= 11 is 0. The number of nitrogens with one attached hydrogen (secondary N) is 2. The molecule has 1 aliphatic heterocycles. The van der Waals surface area contributed by atoms with E-state index < -0.39 is 0 Å². The lowest BCUT2D eigenvalue weighted by Gasteiger charge is -2.18. The SMILES string of the molecule is CN=C(NCc1ccccc1CN(C)C)NCc1ccc(C)cc1OCC1CCCO1. The maximum atomic E-state index is 6.12. The summed E-state index contributed by atoms with van der Waals surface area (Å²) in [6.45, 7) is 5.81. The fourth-order valence-corrected chi connectivity index (χ4v) is 3.70. The van der Waals surface area contributed by atoms with E-state index in [-0.39, 0.29) is 6.10 Å². The van der Waals surface area contributed by atoms with Crippen LogP contribution in [0.2, 0.25) is 0 Å². The van der Waals surface area contributed by atoms with Crippen LogP contribution in [0.5, 0.6) is 5.75 Å². The van der Waals surface area contributed by atoms with Gasteiger partial charge >= 0.3 is 0 Å². The predicted octanol–water partition coefficient (Wildman–Crippen LogP) is 3.48. The van der Waals surface area contributed by atoms with Crippen molar-refractivity contribution in [2.75, 3.05) is 34.4 Å². The van der Waals surface area contributed by atoms with Gasteiger partial charge in [-0.3, -0.25) is 4.99 Å². The van der Waals surface area contributed by atoms with Gasteiger partial charge < -0.3 is 25.0 Å². The van der Waals surface area contributed by atoms with Gasteiger partial charge in [0, 0.05) is 38.9 Å². The Hall–Kier alpha value is -2.57. The molecule has 0 amide bonds. The molecule has 1 unspecified atom stereocenters. The Balaban J connectivity index is 1.57.